The van der Waals surface area contributed by atoms with Gasteiger partial charge in [-0.1, -0.05) is 24.3 Å². The van der Waals surface area contributed by atoms with Crippen molar-refractivity contribution in [3.63, 3.8) is 0 Å². The fraction of sp³-hybridized carbons (Fsp3) is 0.0833. The molecule has 2 aromatic rings. The van der Waals surface area contributed by atoms with Gasteiger partial charge in [0, 0.05) is 17.6 Å². The van der Waals surface area contributed by atoms with E-state index in [9.17, 15) is 0 Å². The Labute approximate surface area is 83.1 Å². The molecule has 0 aliphatic carbocycles. The minimum atomic E-state index is -0.122. The maximum absolute atomic E-state index is 5.91. The molecule has 70 valence electrons. The number of hydrogen-bond donors (Lipinski definition) is 1. The van der Waals surface area contributed by atoms with Crippen LogP contribution in [0.5, 0.6) is 0 Å². The standard InChI is InChI=1S/C12H12N2/c1-2-11(13)9-5-3-7-12-10(9)6-4-8-14-12/h2-8,11H,1,13H2/t11-/m1/s1. The highest BCUT2D eigenvalue weighted by Crippen LogP contribution is 2.21. The summed E-state index contributed by atoms with van der Waals surface area (Å²) in [6.07, 6.45) is 3.52. The molecule has 1 aromatic carbocycles. The lowest BCUT2D eigenvalue weighted by Gasteiger charge is -2.09. The number of benzene rings is 1. The topological polar surface area (TPSA) is 38.9 Å². The van der Waals surface area contributed by atoms with E-state index in [2.05, 4.69) is 11.6 Å². The van der Waals surface area contributed by atoms with Crippen LogP contribution in [0.3, 0.4) is 0 Å². The van der Waals surface area contributed by atoms with E-state index in [0.717, 1.165) is 16.5 Å². The molecule has 0 amide bonds. The van der Waals surface area contributed by atoms with Gasteiger partial charge < -0.3 is 5.73 Å². The van der Waals surface area contributed by atoms with Crippen LogP contribution >= 0.6 is 0 Å². The largest absolute Gasteiger partial charge is 0.321 e. The molecule has 2 N–H and O–H groups in total. The molecule has 0 aliphatic rings. The number of pyridine rings is 1. The normalized spacial score (nSPS) is 12.6. The van der Waals surface area contributed by atoms with Crippen LogP contribution in [-0.2, 0) is 0 Å². The van der Waals surface area contributed by atoms with Gasteiger partial charge in [0.25, 0.3) is 0 Å². The van der Waals surface area contributed by atoms with Crippen molar-refractivity contribution >= 4 is 10.9 Å². The van der Waals surface area contributed by atoms with Gasteiger partial charge in [0.05, 0.1) is 5.52 Å². The second-order valence-corrected chi connectivity index (χ2v) is 3.18. The monoisotopic (exact) mass is 184 g/mol. The zero-order valence-corrected chi connectivity index (χ0v) is 7.85. The summed E-state index contributed by atoms with van der Waals surface area (Å²) in [5.74, 6) is 0. The van der Waals surface area contributed by atoms with E-state index in [0.29, 0.717) is 0 Å². The summed E-state index contributed by atoms with van der Waals surface area (Å²) in [4.78, 5) is 4.27. The molecular formula is C12H12N2. The number of aromatic nitrogens is 1. The molecule has 0 aliphatic heterocycles. The van der Waals surface area contributed by atoms with E-state index in [4.69, 9.17) is 5.73 Å². The molecule has 14 heavy (non-hydrogen) atoms. The van der Waals surface area contributed by atoms with E-state index in [1.807, 2.05) is 30.3 Å². The molecule has 1 atom stereocenters. The quantitative estimate of drug-likeness (QED) is 0.728. The van der Waals surface area contributed by atoms with Crippen molar-refractivity contribution in [2.75, 3.05) is 0 Å². The van der Waals surface area contributed by atoms with Crippen LogP contribution in [0, 0.1) is 0 Å². The van der Waals surface area contributed by atoms with E-state index in [-0.39, 0.29) is 6.04 Å². The predicted octanol–water partition coefficient (Wildman–Crippen LogP) is 2.42. The van der Waals surface area contributed by atoms with Gasteiger partial charge in [-0.2, -0.15) is 0 Å². The second-order valence-electron chi connectivity index (χ2n) is 3.18. The van der Waals surface area contributed by atoms with Crippen LogP contribution in [0.1, 0.15) is 11.6 Å². The average Bonchev–Trinajstić information content (AvgIpc) is 2.27. The Kier molecular flexibility index (Phi) is 2.29. The number of fused-ring (bicyclic) bond motifs is 1. The van der Waals surface area contributed by atoms with Crippen molar-refractivity contribution in [2.45, 2.75) is 6.04 Å². The average molecular weight is 184 g/mol. The van der Waals surface area contributed by atoms with Crippen molar-refractivity contribution in [1.29, 1.82) is 0 Å². The Morgan fingerprint density at radius 1 is 1.29 bits per heavy atom. The van der Waals surface area contributed by atoms with Crippen LogP contribution in [0.15, 0.2) is 49.2 Å². The first kappa shape index (κ1) is 8.91. The van der Waals surface area contributed by atoms with Gasteiger partial charge in [-0.25, -0.2) is 0 Å². The SMILES string of the molecule is C=C[C@@H](N)c1cccc2ncccc12. The first-order valence-electron chi connectivity index (χ1n) is 4.54. The summed E-state index contributed by atoms with van der Waals surface area (Å²) >= 11 is 0. The highest BCUT2D eigenvalue weighted by Gasteiger charge is 2.05. The smallest absolute Gasteiger partial charge is 0.0705 e. The molecule has 2 nitrogen and oxygen atoms in total. The molecule has 0 radical (unpaired) electrons. The minimum Gasteiger partial charge on any atom is -0.321 e. The lowest BCUT2D eigenvalue weighted by atomic mass is 10.0. The molecule has 1 aromatic heterocycles. The molecule has 0 unspecified atom stereocenters. The Hall–Kier alpha value is -1.67. The molecule has 0 saturated carbocycles. The molecule has 0 fully saturated rings. The summed E-state index contributed by atoms with van der Waals surface area (Å²) in [5.41, 5.74) is 7.96. The third-order valence-electron chi connectivity index (χ3n) is 2.29. The summed E-state index contributed by atoms with van der Waals surface area (Å²) in [6.45, 7) is 3.70. The number of rotatable bonds is 2. The molecular weight excluding hydrogens is 172 g/mol. The van der Waals surface area contributed by atoms with Crippen molar-refractivity contribution in [3.8, 4) is 0 Å². The van der Waals surface area contributed by atoms with Gasteiger partial charge in [-0.3, -0.25) is 4.98 Å². The first-order valence-corrected chi connectivity index (χ1v) is 4.54. The zero-order chi connectivity index (χ0) is 9.97. The van der Waals surface area contributed by atoms with Crippen molar-refractivity contribution < 1.29 is 0 Å². The molecule has 1 heterocycles. The Balaban J connectivity index is 2.70. The minimum absolute atomic E-state index is 0.122. The Bertz CT molecular complexity index is 457. The van der Waals surface area contributed by atoms with Gasteiger partial charge in [0.15, 0.2) is 0 Å². The third kappa shape index (κ3) is 1.40. The summed E-state index contributed by atoms with van der Waals surface area (Å²) < 4.78 is 0. The number of nitrogens with zero attached hydrogens (tertiary/aromatic N) is 1. The zero-order valence-electron chi connectivity index (χ0n) is 7.85. The third-order valence-corrected chi connectivity index (χ3v) is 2.29. The summed E-state index contributed by atoms with van der Waals surface area (Å²) in [7, 11) is 0. The van der Waals surface area contributed by atoms with Gasteiger partial charge in [-0.05, 0) is 17.7 Å². The maximum Gasteiger partial charge on any atom is 0.0705 e. The van der Waals surface area contributed by atoms with E-state index in [1.165, 1.54) is 0 Å². The maximum atomic E-state index is 5.91. The van der Waals surface area contributed by atoms with Gasteiger partial charge >= 0.3 is 0 Å². The van der Waals surface area contributed by atoms with Crippen molar-refractivity contribution in [2.24, 2.45) is 5.73 Å². The Morgan fingerprint density at radius 2 is 2.14 bits per heavy atom. The highest BCUT2D eigenvalue weighted by molar-refractivity contribution is 5.82. The fourth-order valence-corrected chi connectivity index (χ4v) is 1.54. The highest BCUT2D eigenvalue weighted by atomic mass is 14.7. The molecule has 2 heteroatoms. The van der Waals surface area contributed by atoms with Crippen LogP contribution in [0.2, 0.25) is 0 Å². The first-order chi connectivity index (χ1) is 6.83. The second kappa shape index (κ2) is 3.60. The molecule has 0 saturated heterocycles. The Morgan fingerprint density at radius 3 is 2.93 bits per heavy atom. The van der Waals surface area contributed by atoms with Crippen LogP contribution in [0.25, 0.3) is 10.9 Å². The van der Waals surface area contributed by atoms with Crippen molar-refractivity contribution in [1.82, 2.24) is 4.98 Å². The van der Waals surface area contributed by atoms with Crippen LogP contribution in [0.4, 0.5) is 0 Å². The molecule has 0 spiro atoms. The van der Waals surface area contributed by atoms with E-state index < -0.39 is 0 Å². The van der Waals surface area contributed by atoms with E-state index >= 15 is 0 Å². The summed E-state index contributed by atoms with van der Waals surface area (Å²) in [5, 5.41) is 1.10. The van der Waals surface area contributed by atoms with Crippen LogP contribution < -0.4 is 5.73 Å². The fourth-order valence-electron chi connectivity index (χ4n) is 1.54. The van der Waals surface area contributed by atoms with Gasteiger partial charge in [0.1, 0.15) is 0 Å². The molecule has 0 bridgehead atoms. The number of hydrogen-bond acceptors (Lipinski definition) is 2. The molecule has 2 rings (SSSR count). The van der Waals surface area contributed by atoms with Crippen molar-refractivity contribution in [3.05, 3.63) is 54.7 Å². The van der Waals surface area contributed by atoms with Gasteiger partial charge in [-0.15, -0.1) is 6.58 Å². The summed E-state index contributed by atoms with van der Waals surface area (Å²) in [6, 6.07) is 9.78. The lowest BCUT2D eigenvalue weighted by Crippen LogP contribution is -2.06. The van der Waals surface area contributed by atoms with Gasteiger partial charge in [0.2, 0.25) is 0 Å². The number of nitrogens with two attached hydrogens (primary N) is 1. The van der Waals surface area contributed by atoms with E-state index in [1.54, 1.807) is 12.3 Å². The lowest BCUT2D eigenvalue weighted by molar-refractivity contribution is 0.924. The predicted molar refractivity (Wildman–Crippen MR) is 58.9 cm³/mol. The van der Waals surface area contributed by atoms with Crippen LogP contribution in [-0.4, -0.2) is 4.98 Å².